The van der Waals surface area contributed by atoms with Crippen LogP contribution in [0.15, 0.2) is 65.3 Å². The minimum atomic E-state index is 0.0382. The van der Waals surface area contributed by atoms with Gasteiger partial charge in [0.25, 0.3) is 0 Å². The minimum Gasteiger partial charge on any atom is -0.494 e. The van der Waals surface area contributed by atoms with E-state index in [2.05, 4.69) is 0 Å². The number of nitrogen functional groups attached to an aromatic ring is 2. The number of amidine groups is 2. The first-order valence-electron chi connectivity index (χ1n) is 11.1. The van der Waals surface area contributed by atoms with Crippen LogP contribution in [0, 0.1) is 16.2 Å². The normalized spacial score (nSPS) is 11.1. The topological polar surface area (TPSA) is 156 Å². The van der Waals surface area contributed by atoms with Gasteiger partial charge in [0.2, 0.25) is 5.62 Å². The number of hydrogen-bond acceptors (Lipinski definition) is 5. The Bertz CT molecular complexity index is 1360. The number of aromatic nitrogens is 2. The molecule has 176 valence electrons. The highest BCUT2D eigenvalue weighted by Crippen LogP contribution is 2.22. The largest absolute Gasteiger partial charge is 0.494 e. The van der Waals surface area contributed by atoms with Crippen molar-refractivity contribution >= 4 is 22.6 Å². The standard InChI is InChI=1S/C25H29N7O2/c26-23(27)17-4-7-20(8-5-17)33-14-2-11-32-13-12-31(25(32)30)10-1-3-21-16-19-15-18(24(28)29)6-9-22(19)34-21/h4-9,12-13,15-16,30H,1-3,10-11,14H2,(H3,26,27)(H3,28,29). The molecule has 0 aliphatic carbocycles. The second-order valence-corrected chi connectivity index (χ2v) is 8.13. The maximum Gasteiger partial charge on any atom is 0.202 e. The molecule has 0 aliphatic rings. The number of nitrogens with zero attached hydrogens (tertiary/aromatic N) is 2. The van der Waals surface area contributed by atoms with E-state index in [4.69, 9.17) is 36.8 Å². The van der Waals surface area contributed by atoms with E-state index in [1.165, 1.54) is 0 Å². The zero-order chi connectivity index (χ0) is 24.1. The highest BCUT2D eigenvalue weighted by molar-refractivity contribution is 5.98. The fourth-order valence-corrected chi connectivity index (χ4v) is 3.80. The van der Waals surface area contributed by atoms with Gasteiger partial charge >= 0.3 is 0 Å². The Labute approximate surface area is 197 Å². The second kappa shape index (κ2) is 10.1. The molecule has 4 aromatic rings. The van der Waals surface area contributed by atoms with Crippen LogP contribution < -0.4 is 21.8 Å². The quantitative estimate of drug-likeness (QED) is 0.133. The fraction of sp³-hybridized carbons (Fsp3) is 0.240. The van der Waals surface area contributed by atoms with Crippen molar-refractivity contribution in [1.82, 2.24) is 9.13 Å². The lowest BCUT2D eigenvalue weighted by molar-refractivity contribution is 0.300. The van der Waals surface area contributed by atoms with Gasteiger partial charge < -0.3 is 29.8 Å². The molecule has 0 radical (unpaired) electrons. The third-order valence-corrected chi connectivity index (χ3v) is 5.65. The van der Waals surface area contributed by atoms with Crippen LogP contribution in [0.1, 0.15) is 29.7 Å². The third kappa shape index (κ3) is 5.37. The van der Waals surface area contributed by atoms with Gasteiger partial charge in [0, 0.05) is 48.4 Å². The number of aryl methyl sites for hydroxylation is 3. The van der Waals surface area contributed by atoms with Gasteiger partial charge in [0.05, 0.1) is 6.61 Å². The Morgan fingerprint density at radius 2 is 1.50 bits per heavy atom. The average molecular weight is 460 g/mol. The molecule has 2 aromatic heterocycles. The SMILES string of the molecule is N=C(N)c1ccc(OCCCn2ccn(CCCc3cc4cc(C(=N)N)ccc4o3)c2=N)cc1. The summed E-state index contributed by atoms with van der Waals surface area (Å²) >= 11 is 0. The number of nitrogens with one attached hydrogen (secondary N) is 3. The summed E-state index contributed by atoms with van der Waals surface area (Å²) in [6.07, 6.45) is 6.24. The van der Waals surface area contributed by atoms with E-state index >= 15 is 0 Å². The molecule has 0 saturated carbocycles. The van der Waals surface area contributed by atoms with Crippen LogP contribution in [0.25, 0.3) is 11.0 Å². The van der Waals surface area contributed by atoms with Crippen LogP contribution in [-0.2, 0) is 19.5 Å². The molecule has 9 nitrogen and oxygen atoms in total. The van der Waals surface area contributed by atoms with Gasteiger partial charge in [-0.15, -0.1) is 0 Å². The molecular formula is C25H29N7O2. The van der Waals surface area contributed by atoms with E-state index in [0.29, 0.717) is 29.9 Å². The van der Waals surface area contributed by atoms with Crippen molar-refractivity contribution in [2.24, 2.45) is 11.5 Å². The molecule has 34 heavy (non-hydrogen) atoms. The van der Waals surface area contributed by atoms with E-state index in [-0.39, 0.29) is 11.7 Å². The number of furan rings is 1. The summed E-state index contributed by atoms with van der Waals surface area (Å²) in [6, 6.07) is 14.6. The lowest BCUT2D eigenvalue weighted by Crippen LogP contribution is -2.25. The summed E-state index contributed by atoms with van der Waals surface area (Å²) in [5.41, 5.74) is 13.6. The van der Waals surface area contributed by atoms with E-state index in [1.54, 1.807) is 30.3 Å². The van der Waals surface area contributed by atoms with Crippen LogP contribution in [0.2, 0.25) is 0 Å². The molecule has 7 N–H and O–H groups in total. The van der Waals surface area contributed by atoms with Crippen molar-refractivity contribution in [2.75, 3.05) is 6.61 Å². The summed E-state index contributed by atoms with van der Waals surface area (Å²) in [5, 5.41) is 24.4. The zero-order valence-electron chi connectivity index (χ0n) is 18.9. The molecule has 0 amide bonds. The summed E-state index contributed by atoms with van der Waals surface area (Å²) in [5.74, 6) is 1.71. The number of nitrogens with two attached hydrogens (primary N) is 2. The Morgan fingerprint density at radius 1 is 0.853 bits per heavy atom. The monoisotopic (exact) mass is 459 g/mol. The van der Waals surface area contributed by atoms with Gasteiger partial charge in [-0.3, -0.25) is 16.2 Å². The predicted molar refractivity (Wildman–Crippen MR) is 131 cm³/mol. The van der Waals surface area contributed by atoms with E-state index in [0.717, 1.165) is 48.3 Å². The molecule has 0 unspecified atom stereocenters. The van der Waals surface area contributed by atoms with Gasteiger partial charge in [0.15, 0.2) is 0 Å². The number of rotatable bonds is 11. The maximum absolute atomic E-state index is 8.42. The first-order chi connectivity index (χ1) is 16.4. The van der Waals surface area contributed by atoms with Crippen LogP contribution in [0.4, 0.5) is 0 Å². The Kier molecular flexibility index (Phi) is 6.82. The summed E-state index contributed by atoms with van der Waals surface area (Å²) < 4.78 is 15.5. The number of benzene rings is 2. The first kappa shape index (κ1) is 22.9. The van der Waals surface area contributed by atoms with Gasteiger partial charge in [-0.25, -0.2) is 0 Å². The van der Waals surface area contributed by atoms with Crippen molar-refractivity contribution in [1.29, 1.82) is 16.2 Å². The highest BCUT2D eigenvalue weighted by Gasteiger charge is 2.07. The lowest BCUT2D eigenvalue weighted by Gasteiger charge is -2.08. The van der Waals surface area contributed by atoms with Gasteiger partial charge in [-0.1, -0.05) is 0 Å². The van der Waals surface area contributed by atoms with Crippen molar-refractivity contribution in [3.05, 3.63) is 83.4 Å². The minimum absolute atomic E-state index is 0.0382. The zero-order valence-corrected chi connectivity index (χ0v) is 18.9. The number of ether oxygens (including phenoxy) is 1. The maximum atomic E-state index is 8.42. The highest BCUT2D eigenvalue weighted by atomic mass is 16.5. The van der Waals surface area contributed by atoms with E-state index in [9.17, 15) is 0 Å². The Hall–Kier alpha value is -4.27. The predicted octanol–water partition coefficient (Wildman–Crippen LogP) is 3.19. The smallest absolute Gasteiger partial charge is 0.202 e. The van der Waals surface area contributed by atoms with Crippen molar-refractivity contribution in [2.45, 2.75) is 32.4 Å². The van der Waals surface area contributed by atoms with Crippen molar-refractivity contribution in [3.8, 4) is 5.75 Å². The molecule has 0 aliphatic heterocycles. The Morgan fingerprint density at radius 3 is 2.18 bits per heavy atom. The summed E-state index contributed by atoms with van der Waals surface area (Å²) in [7, 11) is 0. The fourth-order valence-electron chi connectivity index (χ4n) is 3.80. The van der Waals surface area contributed by atoms with Crippen molar-refractivity contribution < 1.29 is 9.15 Å². The van der Waals surface area contributed by atoms with Gasteiger partial charge in [-0.05, 0) is 61.4 Å². The summed E-state index contributed by atoms with van der Waals surface area (Å²) in [4.78, 5) is 0. The summed E-state index contributed by atoms with van der Waals surface area (Å²) in [6.45, 7) is 1.95. The van der Waals surface area contributed by atoms with Crippen molar-refractivity contribution in [3.63, 3.8) is 0 Å². The van der Waals surface area contributed by atoms with Crippen LogP contribution in [-0.4, -0.2) is 27.4 Å². The van der Waals surface area contributed by atoms with E-state index in [1.807, 2.05) is 39.7 Å². The molecule has 0 saturated heterocycles. The first-order valence-corrected chi connectivity index (χ1v) is 11.1. The van der Waals surface area contributed by atoms with Crippen LogP contribution in [0.5, 0.6) is 5.75 Å². The molecule has 2 aromatic carbocycles. The van der Waals surface area contributed by atoms with Crippen LogP contribution >= 0.6 is 0 Å². The van der Waals surface area contributed by atoms with Gasteiger partial charge in [0.1, 0.15) is 28.8 Å². The lowest BCUT2D eigenvalue weighted by atomic mass is 10.1. The second-order valence-electron chi connectivity index (χ2n) is 8.13. The molecule has 0 fully saturated rings. The van der Waals surface area contributed by atoms with Gasteiger partial charge in [-0.2, -0.15) is 0 Å². The molecule has 0 atom stereocenters. The average Bonchev–Trinajstić information content (AvgIpc) is 3.39. The van der Waals surface area contributed by atoms with E-state index < -0.39 is 0 Å². The molecule has 4 rings (SSSR count). The Balaban J connectivity index is 1.24. The number of imidazole rings is 1. The molecule has 2 heterocycles. The molecule has 0 bridgehead atoms. The van der Waals surface area contributed by atoms with Crippen LogP contribution in [0.3, 0.4) is 0 Å². The molecule has 9 heteroatoms. The third-order valence-electron chi connectivity index (χ3n) is 5.65. The number of hydrogen-bond donors (Lipinski definition) is 5. The number of fused-ring (bicyclic) bond motifs is 1. The molecule has 0 spiro atoms. The molecular weight excluding hydrogens is 430 g/mol.